The van der Waals surface area contributed by atoms with E-state index in [1.807, 2.05) is 6.92 Å². The summed E-state index contributed by atoms with van der Waals surface area (Å²) in [6.45, 7) is 1.88. The zero-order valence-electron chi connectivity index (χ0n) is 7.87. The van der Waals surface area contributed by atoms with E-state index in [1.54, 1.807) is 18.2 Å². The second-order valence-corrected chi connectivity index (χ2v) is 4.91. The number of rotatable bonds is 2. The van der Waals surface area contributed by atoms with Gasteiger partial charge in [0.2, 0.25) is 0 Å². The van der Waals surface area contributed by atoms with Crippen LogP contribution in [0.2, 0.25) is 0 Å². The molecule has 0 saturated carbocycles. The molecule has 0 bridgehead atoms. The van der Waals surface area contributed by atoms with Crippen molar-refractivity contribution in [1.82, 2.24) is 0 Å². The molecular formula is C11H20O3S. The van der Waals surface area contributed by atoms with Gasteiger partial charge in [-0.1, -0.05) is 20.9 Å². The fraction of sp³-hybridized carbons (Fsp3) is 0.455. The van der Waals surface area contributed by atoms with Crippen molar-refractivity contribution in [3.8, 4) is 5.75 Å². The van der Waals surface area contributed by atoms with E-state index >= 15 is 0 Å². The predicted octanol–water partition coefficient (Wildman–Crippen LogP) is 2.68. The van der Waals surface area contributed by atoms with Gasteiger partial charge in [-0.3, -0.25) is 0 Å². The Labute approximate surface area is 93.0 Å². The maximum absolute atomic E-state index is 11.2. The average molecular weight is 232 g/mol. The number of ether oxygens (including phenoxy) is 1. The van der Waals surface area contributed by atoms with E-state index < -0.39 is 9.84 Å². The molecule has 0 unspecified atom stereocenters. The second kappa shape index (κ2) is 5.75. The van der Waals surface area contributed by atoms with Crippen LogP contribution < -0.4 is 4.74 Å². The maximum atomic E-state index is 11.2. The summed E-state index contributed by atoms with van der Waals surface area (Å²) in [5, 5.41) is 0. The van der Waals surface area contributed by atoms with E-state index in [4.69, 9.17) is 4.74 Å². The van der Waals surface area contributed by atoms with Gasteiger partial charge in [0.1, 0.15) is 10.6 Å². The summed E-state index contributed by atoms with van der Waals surface area (Å²) in [6, 6.07) is 5.01. The van der Waals surface area contributed by atoms with Gasteiger partial charge in [-0.15, -0.1) is 0 Å². The van der Waals surface area contributed by atoms with Crippen molar-refractivity contribution in [3.63, 3.8) is 0 Å². The third-order valence-corrected chi connectivity index (χ3v) is 2.85. The van der Waals surface area contributed by atoms with Gasteiger partial charge >= 0.3 is 0 Å². The minimum atomic E-state index is -3.19. The van der Waals surface area contributed by atoms with Crippen molar-refractivity contribution in [2.75, 3.05) is 13.4 Å². The van der Waals surface area contributed by atoms with Gasteiger partial charge in [-0.25, -0.2) is 8.42 Å². The van der Waals surface area contributed by atoms with Crippen LogP contribution in [-0.4, -0.2) is 21.8 Å². The molecule has 0 aliphatic carbocycles. The van der Waals surface area contributed by atoms with Crippen molar-refractivity contribution in [2.45, 2.75) is 26.7 Å². The summed E-state index contributed by atoms with van der Waals surface area (Å²) < 4.78 is 27.5. The lowest BCUT2D eigenvalue weighted by Crippen LogP contribution is -2.00. The molecule has 0 N–H and O–H groups in total. The van der Waals surface area contributed by atoms with Crippen LogP contribution in [0.5, 0.6) is 5.75 Å². The van der Waals surface area contributed by atoms with Crippen LogP contribution in [-0.2, 0) is 9.84 Å². The third kappa shape index (κ3) is 3.91. The van der Waals surface area contributed by atoms with E-state index in [9.17, 15) is 8.42 Å². The molecule has 0 fully saturated rings. The van der Waals surface area contributed by atoms with Gasteiger partial charge in [0.25, 0.3) is 0 Å². The molecule has 1 rings (SSSR count). The fourth-order valence-electron chi connectivity index (χ4n) is 1.08. The molecule has 1 aromatic rings. The summed E-state index contributed by atoms with van der Waals surface area (Å²) in [6.07, 6.45) is 1.17. The van der Waals surface area contributed by atoms with E-state index in [-0.39, 0.29) is 19.7 Å². The Morgan fingerprint density at radius 2 is 1.73 bits per heavy atom. The molecule has 1 aromatic carbocycles. The highest BCUT2D eigenvalue weighted by Gasteiger charge is 2.13. The molecule has 0 aliphatic rings. The van der Waals surface area contributed by atoms with Crippen LogP contribution >= 0.6 is 0 Å². The minimum absolute atomic E-state index is 0. The van der Waals surface area contributed by atoms with Crippen molar-refractivity contribution >= 4 is 9.84 Å². The number of aryl methyl sites for hydroxylation is 1. The number of methoxy groups -OCH3 is 1. The van der Waals surface area contributed by atoms with Gasteiger partial charge in [-0.2, -0.15) is 0 Å². The zero-order chi connectivity index (χ0) is 10.1. The molecule has 0 aromatic heterocycles. The van der Waals surface area contributed by atoms with Gasteiger partial charge in [-0.05, 0) is 24.6 Å². The van der Waals surface area contributed by atoms with Crippen molar-refractivity contribution in [1.29, 1.82) is 0 Å². The van der Waals surface area contributed by atoms with Crippen LogP contribution in [0, 0.1) is 6.92 Å². The molecule has 0 saturated heterocycles. The molecule has 0 atom stereocenters. The Hall–Kier alpha value is -1.03. The molecular weight excluding hydrogens is 212 g/mol. The molecule has 4 heteroatoms. The number of hydrogen-bond acceptors (Lipinski definition) is 3. The summed E-state index contributed by atoms with van der Waals surface area (Å²) in [5.74, 6) is 0.405. The highest BCUT2D eigenvalue weighted by molar-refractivity contribution is 7.90. The summed E-state index contributed by atoms with van der Waals surface area (Å²) >= 11 is 0. The highest BCUT2D eigenvalue weighted by atomic mass is 32.2. The normalized spacial score (nSPS) is 9.80. The first kappa shape index (κ1) is 16.4. The monoisotopic (exact) mass is 232 g/mol. The van der Waals surface area contributed by atoms with Crippen molar-refractivity contribution in [2.24, 2.45) is 0 Å². The number of benzene rings is 1. The van der Waals surface area contributed by atoms with Crippen LogP contribution in [0.1, 0.15) is 20.4 Å². The molecule has 0 amide bonds. The van der Waals surface area contributed by atoms with Crippen LogP contribution in [0.15, 0.2) is 23.1 Å². The zero-order valence-corrected chi connectivity index (χ0v) is 8.68. The van der Waals surface area contributed by atoms with Gasteiger partial charge in [0.15, 0.2) is 9.84 Å². The molecule has 0 radical (unpaired) electrons. The highest BCUT2D eigenvalue weighted by Crippen LogP contribution is 2.24. The summed E-state index contributed by atoms with van der Waals surface area (Å²) in [4.78, 5) is 0.237. The van der Waals surface area contributed by atoms with Crippen molar-refractivity contribution < 1.29 is 13.2 Å². The van der Waals surface area contributed by atoms with E-state index in [2.05, 4.69) is 0 Å². The molecule has 0 heterocycles. The van der Waals surface area contributed by atoms with Crippen LogP contribution in [0.3, 0.4) is 0 Å². The Kier molecular flexibility index (Phi) is 6.29. The van der Waals surface area contributed by atoms with E-state index in [0.29, 0.717) is 5.75 Å². The Balaban J connectivity index is 0. The lowest BCUT2D eigenvalue weighted by molar-refractivity contribution is 0.402. The van der Waals surface area contributed by atoms with Gasteiger partial charge in [0.05, 0.1) is 7.11 Å². The summed E-state index contributed by atoms with van der Waals surface area (Å²) in [7, 11) is -1.73. The Bertz CT molecular complexity index is 408. The third-order valence-electron chi connectivity index (χ3n) is 1.72. The Morgan fingerprint density at radius 3 is 2.13 bits per heavy atom. The van der Waals surface area contributed by atoms with E-state index in [1.165, 1.54) is 13.4 Å². The fourth-order valence-corrected chi connectivity index (χ4v) is 1.90. The smallest absolute Gasteiger partial charge is 0.179 e. The number of hydrogen-bond donors (Lipinski definition) is 0. The molecule has 3 nitrogen and oxygen atoms in total. The lowest BCUT2D eigenvalue weighted by Gasteiger charge is -2.06. The Morgan fingerprint density at radius 1 is 1.20 bits per heavy atom. The molecule has 0 aliphatic heterocycles. The van der Waals surface area contributed by atoms with E-state index in [0.717, 1.165) is 5.56 Å². The first-order chi connectivity index (χ1) is 5.95. The first-order valence-corrected chi connectivity index (χ1v) is 5.69. The SMILES string of the molecule is C.C.COc1cc(C)ccc1S(C)(=O)=O. The van der Waals surface area contributed by atoms with Crippen LogP contribution in [0.25, 0.3) is 0 Å². The quantitative estimate of drug-likeness (QED) is 0.787. The standard InChI is InChI=1S/C9H12O3S.2CH4/c1-7-4-5-9(13(3,10)11)8(6-7)12-2;;/h4-6H,1-3H3;2*1H4. The van der Waals surface area contributed by atoms with Crippen molar-refractivity contribution in [3.05, 3.63) is 23.8 Å². The molecule has 0 spiro atoms. The average Bonchev–Trinajstić information content (AvgIpc) is 2.01. The first-order valence-electron chi connectivity index (χ1n) is 3.80. The minimum Gasteiger partial charge on any atom is -0.495 e. The lowest BCUT2D eigenvalue weighted by atomic mass is 10.2. The largest absolute Gasteiger partial charge is 0.495 e. The molecule has 88 valence electrons. The predicted molar refractivity (Wildman–Crippen MR) is 64.3 cm³/mol. The maximum Gasteiger partial charge on any atom is 0.179 e. The molecule has 15 heavy (non-hydrogen) atoms. The summed E-state index contributed by atoms with van der Waals surface area (Å²) in [5.41, 5.74) is 0.976. The number of sulfone groups is 1. The van der Waals surface area contributed by atoms with Gasteiger partial charge < -0.3 is 4.74 Å². The van der Waals surface area contributed by atoms with Gasteiger partial charge in [0, 0.05) is 6.26 Å². The van der Waals surface area contributed by atoms with Crippen LogP contribution in [0.4, 0.5) is 0 Å². The topological polar surface area (TPSA) is 43.4 Å². The second-order valence-electron chi connectivity index (χ2n) is 2.93.